The van der Waals surface area contributed by atoms with Crippen molar-refractivity contribution >= 4 is 28.4 Å². The van der Waals surface area contributed by atoms with Gasteiger partial charge in [0.25, 0.3) is 0 Å². The summed E-state index contributed by atoms with van der Waals surface area (Å²) >= 11 is 0. The van der Waals surface area contributed by atoms with Gasteiger partial charge in [0.2, 0.25) is 0 Å². The summed E-state index contributed by atoms with van der Waals surface area (Å²) in [5.41, 5.74) is 4.39. The van der Waals surface area contributed by atoms with Crippen LogP contribution in [0.5, 0.6) is 0 Å². The molecule has 0 spiro atoms. The lowest BCUT2D eigenvalue weighted by Gasteiger charge is -2.34. The fraction of sp³-hybridized carbons (Fsp3) is 0.394. The fourth-order valence-electron chi connectivity index (χ4n) is 5.68. The summed E-state index contributed by atoms with van der Waals surface area (Å²) in [6.45, 7) is 17.4. The fourth-order valence-corrected chi connectivity index (χ4v) is 5.68. The molecule has 2 heterocycles. The minimum atomic E-state index is -4.52. The van der Waals surface area contributed by atoms with Crippen molar-refractivity contribution in [1.29, 1.82) is 0 Å². The summed E-state index contributed by atoms with van der Waals surface area (Å²) < 4.78 is 39.7. The number of H-pyrrole nitrogens is 1. The second-order valence-electron chi connectivity index (χ2n) is 11.6. The van der Waals surface area contributed by atoms with Crippen molar-refractivity contribution in [2.24, 2.45) is 0 Å². The van der Waals surface area contributed by atoms with Crippen LogP contribution in [-0.4, -0.2) is 39.3 Å². The van der Waals surface area contributed by atoms with Gasteiger partial charge in [-0.15, -0.1) is 0 Å². The summed E-state index contributed by atoms with van der Waals surface area (Å²) in [5, 5.41) is 5.98. The second kappa shape index (κ2) is 12.5. The lowest BCUT2D eigenvalue weighted by molar-refractivity contribution is -0.141. The van der Waals surface area contributed by atoms with E-state index in [0.29, 0.717) is 29.9 Å². The van der Waals surface area contributed by atoms with E-state index >= 15 is 0 Å². The molecule has 0 bridgehead atoms. The van der Waals surface area contributed by atoms with Gasteiger partial charge in [0.1, 0.15) is 11.4 Å². The number of alkyl halides is 3. The SMILES string of the molecule is CC(C)N(c1ccc(N(c2ccc(N(C(C)C)C(C)C)cc2)c2ccnc(-c3cc(C(F)(F)F)[nH]n3)c2)cc1)C(C)C. The Kier molecular flexibility index (Phi) is 9.18. The highest BCUT2D eigenvalue weighted by Gasteiger charge is 2.33. The van der Waals surface area contributed by atoms with E-state index in [9.17, 15) is 13.2 Å². The van der Waals surface area contributed by atoms with Crippen LogP contribution in [0.4, 0.5) is 41.6 Å². The monoisotopic (exact) mass is 578 g/mol. The van der Waals surface area contributed by atoms with Gasteiger partial charge < -0.3 is 14.7 Å². The summed E-state index contributed by atoms with van der Waals surface area (Å²) in [6.07, 6.45) is -2.92. The largest absolute Gasteiger partial charge is 0.432 e. The smallest absolute Gasteiger partial charge is 0.367 e. The van der Waals surface area contributed by atoms with E-state index in [0.717, 1.165) is 34.5 Å². The average Bonchev–Trinajstić information content (AvgIpc) is 3.42. The van der Waals surface area contributed by atoms with Gasteiger partial charge >= 0.3 is 6.18 Å². The van der Waals surface area contributed by atoms with Crippen molar-refractivity contribution in [1.82, 2.24) is 15.2 Å². The van der Waals surface area contributed by atoms with Crippen LogP contribution in [0.1, 0.15) is 61.1 Å². The van der Waals surface area contributed by atoms with E-state index in [2.05, 4.69) is 134 Å². The van der Waals surface area contributed by atoms with Crippen molar-refractivity contribution in [2.75, 3.05) is 14.7 Å². The molecule has 2 aromatic carbocycles. The van der Waals surface area contributed by atoms with Crippen molar-refractivity contribution in [3.63, 3.8) is 0 Å². The molecule has 1 N–H and O–H groups in total. The topological polar surface area (TPSA) is 51.3 Å². The number of pyridine rings is 1. The quantitative estimate of drug-likeness (QED) is 0.203. The van der Waals surface area contributed by atoms with E-state index in [-0.39, 0.29) is 5.69 Å². The predicted molar refractivity (Wildman–Crippen MR) is 167 cm³/mol. The van der Waals surface area contributed by atoms with Crippen molar-refractivity contribution in [3.8, 4) is 11.4 Å². The predicted octanol–water partition coefficient (Wildman–Crippen LogP) is 9.21. The summed E-state index contributed by atoms with van der Waals surface area (Å²) in [5.74, 6) is 0. The number of nitrogens with one attached hydrogen (secondary N) is 1. The van der Waals surface area contributed by atoms with Crippen LogP contribution >= 0.6 is 0 Å². The first-order chi connectivity index (χ1) is 19.8. The molecule has 9 heteroatoms. The van der Waals surface area contributed by atoms with Gasteiger partial charge in [-0.25, -0.2) is 0 Å². The zero-order chi connectivity index (χ0) is 30.8. The number of hydrogen-bond donors (Lipinski definition) is 1. The molecule has 0 saturated heterocycles. The summed E-state index contributed by atoms with van der Waals surface area (Å²) in [6, 6.07) is 22.7. The Bertz CT molecular complexity index is 1360. The lowest BCUT2D eigenvalue weighted by atomic mass is 10.1. The Morgan fingerprint density at radius 2 is 1.00 bits per heavy atom. The molecule has 224 valence electrons. The number of aromatic nitrogens is 3. The van der Waals surface area contributed by atoms with Gasteiger partial charge in [0, 0.05) is 58.8 Å². The van der Waals surface area contributed by atoms with Gasteiger partial charge in [-0.05, 0) is 122 Å². The number of aromatic amines is 1. The normalized spacial score (nSPS) is 12.1. The molecule has 0 unspecified atom stereocenters. The Morgan fingerprint density at radius 3 is 1.38 bits per heavy atom. The molecule has 0 saturated carbocycles. The molecule has 2 aromatic heterocycles. The van der Waals surface area contributed by atoms with Gasteiger partial charge in [-0.3, -0.25) is 10.1 Å². The van der Waals surface area contributed by atoms with Crippen LogP contribution in [-0.2, 0) is 6.18 Å². The molecule has 0 aliphatic carbocycles. The van der Waals surface area contributed by atoms with E-state index in [1.54, 1.807) is 12.3 Å². The van der Waals surface area contributed by atoms with Gasteiger partial charge in [-0.2, -0.15) is 18.3 Å². The Morgan fingerprint density at radius 1 is 0.571 bits per heavy atom. The molecule has 6 nitrogen and oxygen atoms in total. The van der Waals surface area contributed by atoms with E-state index < -0.39 is 11.9 Å². The minimum Gasteiger partial charge on any atom is -0.367 e. The molecule has 0 radical (unpaired) electrons. The zero-order valence-corrected chi connectivity index (χ0v) is 25.6. The van der Waals surface area contributed by atoms with Gasteiger partial charge in [0.15, 0.2) is 0 Å². The number of benzene rings is 2. The molecule has 0 amide bonds. The van der Waals surface area contributed by atoms with Crippen molar-refractivity contribution < 1.29 is 13.2 Å². The molecule has 0 aliphatic rings. The van der Waals surface area contributed by atoms with Crippen molar-refractivity contribution in [2.45, 2.75) is 85.7 Å². The van der Waals surface area contributed by atoms with Crippen molar-refractivity contribution in [3.05, 3.63) is 78.6 Å². The van der Waals surface area contributed by atoms with Gasteiger partial charge in [-0.1, -0.05) is 0 Å². The highest BCUT2D eigenvalue weighted by molar-refractivity contribution is 5.80. The number of nitrogens with zero attached hydrogens (tertiary/aromatic N) is 5. The summed E-state index contributed by atoms with van der Waals surface area (Å²) in [7, 11) is 0. The van der Waals surface area contributed by atoms with Crippen LogP contribution in [0, 0.1) is 0 Å². The maximum Gasteiger partial charge on any atom is 0.432 e. The highest BCUT2D eigenvalue weighted by atomic mass is 19.4. The first-order valence-electron chi connectivity index (χ1n) is 14.4. The zero-order valence-electron chi connectivity index (χ0n) is 25.6. The van der Waals surface area contributed by atoms with Crippen LogP contribution in [0.2, 0.25) is 0 Å². The number of halogens is 3. The average molecular weight is 579 g/mol. The molecule has 0 atom stereocenters. The van der Waals surface area contributed by atoms with E-state index in [1.165, 1.54) is 0 Å². The van der Waals surface area contributed by atoms with Crippen LogP contribution < -0.4 is 14.7 Å². The summed E-state index contributed by atoms with van der Waals surface area (Å²) in [4.78, 5) is 11.1. The third kappa shape index (κ3) is 6.72. The number of hydrogen-bond acceptors (Lipinski definition) is 5. The standard InChI is InChI=1S/C33H41F3N6/c1-21(2)40(22(3)4)25-9-13-27(14-10-25)42(28-15-11-26(12-16-28)41(23(5)6)24(7)8)29-17-18-37-30(19-29)31-20-32(39-38-31)33(34,35)36/h9-24H,1-8H3,(H,38,39). The Hall–Kier alpha value is -4.01. The lowest BCUT2D eigenvalue weighted by Crippen LogP contribution is -2.37. The molecular formula is C33H41F3N6. The maximum absolute atomic E-state index is 13.2. The van der Waals surface area contributed by atoms with Crippen LogP contribution in [0.15, 0.2) is 72.9 Å². The van der Waals surface area contributed by atoms with E-state index in [1.807, 2.05) is 6.07 Å². The highest BCUT2D eigenvalue weighted by Crippen LogP contribution is 2.38. The minimum absolute atomic E-state index is 0.129. The molecular weight excluding hydrogens is 537 g/mol. The number of rotatable bonds is 10. The molecule has 0 aliphatic heterocycles. The second-order valence-corrected chi connectivity index (χ2v) is 11.6. The maximum atomic E-state index is 13.2. The first-order valence-corrected chi connectivity index (χ1v) is 14.4. The third-order valence-electron chi connectivity index (χ3n) is 7.18. The molecule has 4 aromatic rings. The Balaban J connectivity index is 1.80. The van der Waals surface area contributed by atoms with E-state index in [4.69, 9.17) is 0 Å². The van der Waals surface area contributed by atoms with Crippen LogP contribution in [0.3, 0.4) is 0 Å². The molecule has 4 rings (SSSR count). The third-order valence-corrected chi connectivity index (χ3v) is 7.18. The van der Waals surface area contributed by atoms with Crippen LogP contribution in [0.25, 0.3) is 11.4 Å². The first kappa shape index (κ1) is 30.9. The Labute approximate surface area is 247 Å². The molecule has 0 fully saturated rings. The number of anilines is 5. The van der Waals surface area contributed by atoms with Gasteiger partial charge in [0.05, 0.1) is 5.69 Å². The molecule has 42 heavy (non-hydrogen) atoms.